The molecule has 0 aliphatic heterocycles. The molecule has 5 nitrogen and oxygen atoms in total. The first-order valence-electron chi connectivity index (χ1n) is 7.14. The number of nitrogens with zero attached hydrogens (tertiary/aromatic N) is 1. The molecule has 22 heavy (non-hydrogen) atoms. The Morgan fingerprint density at radius 3 is 2.68 bits per heavy atom. The molecular formula is C17H17N3O2. The first kappa shape index (κ1) is 14.1. The van der Waals surface area contributed by atoms with Crippen LogP contribution in [0.4, 0.5) is 0 Å². The van der Waals surface area contributed by atoms with Crippen LogP contribution in [-0.4, -0.2) is 22.5 Å². The van der Waals surface area contributed by atoms with E-state index in [1.165, 1.54) is 0 Å². The summed E-state index contributed by atoms with van der Waals surface area (Å²) < 4.78 is 5.42. The highest BCUT2D eigenvalue weighted by Gasteiger charge is 2.13. The van der Waals surface area contributed by atoms with Crippen molar-refractivity contribution in [2.24, 2.45) is 0 Å². The van der Waals surface area contributed by atoms with E-state index in [4.69, 9.17) is 4.74 Å². The molecule has 0 spiro atoms. The SMILES string of the molecule is CC(NC(=O)COc1ccccc1)c1nc2ccccc2[nH]1. The number of fused-ring (bicyclic) bond motifs is 1. The molecule has 0 aliphatic carbocycles. The molecule has 3 aromatic rings. The standard InChI is InChI=1S/C17H17N3O2/c1-12(17-19-14-9-5-6-10-15(14)20-17)18-16(21)11-22-13-7-3-2-4-8-13/h2-10,12H,11H2,1H3,(H,18,21)(H,19,20). The fourth-order valence-corrected chi connectivity index (χ4v) is 2.19. The Balaban J connectivity index is 1.58. The first-order chi connectivity index (χ1) is 10.7. The van der Waals surface area contributed by atoms with Crippen LogP contribution in [0.5, 0.6) is 5.75 Å². The van der Waals surface area contributed by atoms with Gasteiger partial charge in [-0.2, -0.15) is 0 Å². The lowest BCUT2D eigenvalue weighted by molar-refractivity contribution is -0.123. The number of imidazole rings is 1. The molecule has 1 atom stereocenters. The number of nitrogens with one attached hydrogen (secondary N) is 2. The van der Waals surface area contributed by atoms with Crippen molar-refractivity contribution in [1.29, 1.82) is 0 Å². The highest BCUT2D eigenvalue weighted by Crippen LogP contribution is 2.15. The summed E-state index contributed by atoms with van der Waals surface area (Å²) in [5, 5.41) is 2.87. The van der Waals surface area contributed by atoms with Gasteiger partial charge in [0.05, 0.1) is 17.1 Å². The summed E-state index contributed by atoms with van der Waals surface area (Å²) in [4.78, 5) is 19.6. The predicted molar refractivity (Wildman–Crippen MR) is 84.6 cm³/mol. The maximum atomic E-state index is 11.9. The number of aromatic amines is 1. The molecule has 112 valence electrons. The molecule has 0 bridgehead atoms. The molecule has 1 heterocycles. The Hall–Kier alpha value is -2.82. The van der Waals surface area contributed by atoms with Gasteiger partial charge in [-0.1, -0.05) is 30.3 Å². The number of H-pyrrole nitrogens is 1. The van der Waals surface area contributed by atoms with Gasteiger partial charge in [0.1, 0.15) is 11.6 Å². The normalized spacial score (nSPS) is 12.0. The van der Waals surface area contributed by atoms with Crippen LogP contribution in [0.3, 0.4) is 0 Å². The minimum atomic E-state index is -0.209. The second-order valence-electron chi connectivity index (χ2n) is 5.03. The second kappa shape index (κ2) is 6.30. The minimum absolute atomic E-state index is 0.0193. The van der Waals surface area contributed by atoms with Gasteiger partial charge in [0.2, 0.25) is 0 Å². The van der Waals surface area contributed by atoms with Crippen molar-refractivity contribution in [3.63, 3.8) is 0 Å². The van der Waals surface area contributed by atoms with Crippen LogP contribution in [0.15, 0.2) is 54.6 Å². The van der Waals surface area contributed by atoms with Gasteiger partial charge in [-0.05, 0) is 31.2 Å². The third-order valence-electron chi connectivity index (χ3n) is 3.31. The molecular weight excluding hydrogens is 278 g/mol. The van der Waals surface area contributed by atoms with E-state index < -0.39 is 0 Å². The molecule has 2 aromatic carbocycles. The molecule has 3 rings (SSSR count). The monoisotopic (exact) mass is 295 g/mol. The fourth-order valence-electron chi connectivity index (χ4n) is 2.19. The average molecular weight is 295 g/mol. The zero-order valence-corrected chi connectivity index (χ0v) is 12.2. The maximum Gasteiger partial charge on any atom is 0.258 e. The van der Waals surface area contributed by atoms with E-state index in [1.807, 2.05) is 61.5 Å². The molecule has 0 saturated heterocycles. The van der Waals surface area contributed by atoms with E-state index in [0.717, 1.165) is 16.9 Å². The smallest absolute Gasteiger partial charge is 0.258 e. The summed E-state index contributed by atoms with van der Waals surface area (Å²) in [7, 11) is 0. The van der Waals surface area contributed by atoms with E-state index in [1.54, 1.807) is 0 Å². The van der Waals surface area contributed by atoms with Crippen LogP contribution >= 0.6 is 0 Å². The van der Waals surface area contributed by atoms with E-state index in [2.05, 4.69) is 15.3 Å². The lowest BCUT2D eigenvalue weighted by atomic mass is 10.3. The highest BCUT2D eigenvalue weighted by atomic mass is 16.5. The van der Waals surface area contributed by atoms with Crippen molar-refractivity contribution in [2.75, 3.05) is 6.61 Å². The van der Waals surface area contributed by atoms with E-state index in [0.29, 0.717) is 5.75 Å². The summed E-state index contributed by atoms with van der Waals surface area (Å²) in [6.07, 6.45) is 0. The summed E-state index contributed by atoms with van der Waals surface area (Å²) in [6.45, 7) is 1.87. The van der Waals surface area contributed by atoms with Crippen LogP contribution in [-0.2, 0) is 4.79 Å². The van der Waals surface area contributed by atoms with Crippen molar-refractivity contribution >= 4 is 16.9 Å². The summed E-state index contributed by atoms with van der Waals surface area (Å²) in [6, 6.07) is 16.8. The van der Waals surface area contributed by atoms with Crippen molar-refractivity contribution in [3.05, 3.63) is 60.4 Å². The molecule has 5 heteroatoms. The molecule has 0 radical (unpaired) electrons. The van der Waals surface area contributed by atoms with Gasteiger partial charge in [0.25, 0.3) is 5.91 Å². The summed E-state index contributed by atoms with van der Waals surface area (Å²) in [5.41, 5.74) is 1.85. The summed E-state index contributed by atoms with van der Waals surface area (Å²) >= 11 is 0. The van der Waals surface area contributed by atoms with Crippen molar-refractivity contribution in [3.8, 4) is 5.75 Å². The molecule has 0 fully saturated rings. The predicted octanol–water partition coefficient (Wildman–Crippen LogP) is 2.82. The Labute approximate surface area is 128 Å². The Morgan fingerprint density at radius 2 is 1.91 bits per heavy atom. The maximum absolute atomic E-state index is 11.9. The van der Waals surface area contributed by atoms with Gasteiger partial charge < -0.3 is 15.0 Å². The van der Waals surface area contributed by atoms with Crippen LogP contribution in [0.1, 0.15) is 18.8 Å². The number of rotatable bonds is 5. The molecule has 2 N–H and O–H groups in total. The number of aromatic nitrogens is 2. The number of amides is 1. The number of hydrogen-bond donors (Lipinski definition) is 2. The largest absolute Gasteiger partial charge is 0.484 e. The number of ether oxygens (including phenoxy) is 1. The van der Waals surface area contributed by atoms with Gasteiger partial charge in [-0.15, -0.1) is 0 Å². The second-order valence-corrected chi connectivity index (χ2v) is 5.03. The van der Waals surface area contributed by atoms with Gasteiger partial charge in [-0.3, -0.25) is 4.79 Å². The van der Waals surface area contributed by atoms with Crippen molar-refractivity contribution in [2.45, 2.75) is 13.0 Å². The summed E-state index contributed by atoms with van der Waals surface area (Å²) in [5.74, 6) is 1.22. The minimum Gasteiger partial charge on any atom is -0.484 e. The molecule has 0 aliphatic rings. The van der Waals surface area contributed by atoms with Crippen LogP contribution in [0, 0.1) is 0 Å². The first-order valence-corrected chi connectivity index (χ1v) is 7.14. The van der Waals surface area contributed by atoms with E-state index >= 15 is 0 Å². The lowest BCUT2D eigenvalue weighted by Gasteiger charge is -2.12. The molecule has 1 aromatic heterocycles. The third kappa shape index (κ3) is 3.25. The van der Waals surface area contributed by atoms with Gasteiger partial charge in [0.15, 0.2) is 6.61 Å². The van der Waals surface area contributed by atoms with Crippen molar-refractivity contribution in [1.82, 2.24) is 15.3 Å². The van der Waals surface area contributed by atoms with Crippen LogP contribution in [0.2, 0.25) is 0 Å². The van der Waals surface area contributed by atoms with Gasteiger partial charge in [-0.25, -0.2) is 4.98 Å². The van der Waals surface area contributed by atoms with Gasteiger partial charge >= 0.3 is 0 Å². The fraction of sp³-hybridized carbons (Fsp3) is 0.176. The number of para-hydroxylation sites is 3. The highest BCUT2D eigenvalue weighted by molar-refractivity contribution is 5.78. The Morgan fingerprint density at radius 1 is 1.18 bits per heavy atom. The van der Waals surface area contributed by atoms with Crippen LogP contribution < -0.4 is 10.1 Å². The average Bonchev–Trinajstić information content (AvgIpc) is 2.98. The van der Waals surface area contributed by atoms with Crippen LogP contribution in [0.25, 0.3) is 11.0 Å². The molecule has 1 unspecified atom stereocenters. The molecule has 0 saturated carbocycles. The Bertz CT molecular complexity index is 735. The number of benzene rings is 2. The zero-order valence-electron chi connectivity index (χ0n) is 12.2. The molecule has 1 amide bonds. The number of hydrogen-bond acceptors (Lipinski definition) is 3. The Kier molecular flexibility index (Phi) is 4.05. The number of carbonyl (C=O) groups excluding carboxylic acids is 1. The van der Waals surface area contributed by atoms with Gasteiger partial charge in [0, 0.05) is 0 Å². The quantitative estimate of drug-likeness (QED) is 0.760. The van der Waals surface area contributed by atoms with E-state index in [-0.39, 0.29) is 18.6 Å². The zero-order chi connectivity index (χ0) is 15.4. The van der Waals surface area contributed by atoms with E-state index in [9.17, 15) is 4.79 Å². The third-order valence-corrected chi connectivity index (χ3v) is 3.31. The number of carbonyl (C=O) groups is 1. The topological polar surface area (TPSA) is 67.0 Å². The lowest BCUT2D eigenvalue weighted by Crippen LogP contribution is -2.31. The van der Waals surface area contributed by atoms with Crippen molar-refractivity contribution < 1.29 is 9.53 Å².